The van der Waals surface area contributed by atoms with Crippen molar-refractivity contribution < 1.29 is 9.63 Å². The molecule has 0 saturated heterocycles. The minimum absolute atomic E-state index is 0.379. The lowest BCUT2D eigenvalue weighted by atomic mass is 9.90. The molecule has 1 amide bonds. The minimum atomic E-state index is -1.19. The van der Waals surface area contributed by atoms with Gasteiger partial charge < -0.3 is 5.73 Å². The molecule has 2 unspecified atom stereocenters. The number of carbonyl (C=O) groups is 1. The van der Waals surface area contributed by atoms with Crippen molar-refractivity contribution in [2.24, 2.45) is 11.7 Å². The molecule has 0 spiro atoms. The molecule has 0 bridgehead atoms. The van der Waals surface area contributed by atoms with Crippen molar-refractivity contribution in [2.75, 3.05) is 6.61 Å². The van der Waals surface area contributed by atoms with E-state index in [9.17, 15) is 4.79 Å². The van der Waals surface area contributed by atoms with Gasteiger partial charge in [0, 0.05) is 6.20 Å². The molecule has 0 aromatic heterocycles. The van der Waals surface area contributed by atoms with E-state index < -0.39 is 10.8 Å². The normalized spacial score (nSPS) is 26.5. The third-order valence-corrected chi connectivity index (χ3v) is 4.54. The maximum Gasteiger partial charge on any atom is 0.240 e. The van der Waals surface area contributed by atoms with E-state index in [0.717, 1.165) is 0 Å². The molecule has 20 heavy (non-hydrogen) atoms. The van der Waals surface area contributed by atoms with Gasteiger partial charge in [-0.15, -0.1) is 11.6 Å². The molecule has 0 radical (unpaired) electrons. The maximum atomic E-state index is 11.5. The van der Waals surface area contributed by atoms with Gasteiger partial charge in [-0.05, 0) is 31.8 Å². The van der Waals surface area contributed by atoms with Crippen LogP contribution in [0.15, 0.2) is 24.4 Å². The Balaban J connectivity index is 1.95. The van der Waals surface area contributed by atoms with Crippen LogP contribution in [0.4, 0.5) is 0 Å². The molecular formula is C15H23ClN2O2. The number of primary amides is 1. The van der Waals surface area contributed by atoms with E-state index in [1.165, 1.54) is 32.1 Å². The van der Waals surface area contributed by atoms with E-state index in [1.54, 1.807) is 18.2 Å². The fraction of sp³-hybridized carbons (Fsp3) is 0.667. The first-order valence-electron chi connectivity index (χ1n) is 7.27. The summed E-state index contributed by atoms with van der Waals surface area (Å²) < 4.78 is 0. The van der Waals surface area contributed by atoms with E-state index in [0.29, 0.717) is 12.5 Å². The minimum Gasteiger partial charge on any atom is -0.368 e. The first-order valence-corrected chi connectivity index (χ1v) is 7.64. The van der Waals surface area contributed by atoms with Crippen molar-refractivity contribution in [1.29, 1.82) is 0 Å². The Labute approximate surface area is 125 Å². The first-order chi connectivity index (χ1) is 9.51. The quantitative estimate of drug-likeness (QED) is 0.794. The van der Waals surface area contributed by atoms with Crippen molar-refractivity contribution in [3.63, 3.8) is 0 Å². The lowest BCUT2D eigenvalue weighted by Crippen LogP contribution is -2.52. The third kappa shape index (κ3) is 3.55. The highest BCUT2D eigenvalue weighted by Gasteiger charge is 2.40. The Kier molecular flexibility index (Phi) is 5.11. The lowest BCUT2D eigenvalue weighted by Gasteiger charge is -2.37. The molecular weight excluding hydrogens is 276 g/mol. The van der Waals surface area contributed by atoms with E-state index in [4.69, 9.17) is 22.2 Å². The number of hydrogen-bond acceptors (Lipinski definition) is 3. The average molecular weight is 299 g/mol. The summed E-state index contributed by atoms with van der Waals surface area (Å²) in [5.41, 5.74) is 5.39. The van der Waals surface area contributed by atoms with Gasteiger partial charge in [0.2, 0.25) is 5.91 Å². The second kappa shape index (κ2) is 6.64. The summed E-state index contributed by atoms with van der Waals surface area (Å²) in [5, 5.41) is 1.66. The van der Waals surface area contributed by atoms with Crippen LogP contribution < -0.4 is 5.73 Å². The molecule has 112 valence electrons. The molecule has 1 aliphatic heterocycles. The predicted octanol–water partition coefficient (Wildman–Crippen LogP) is 2.74. The Bertz CT molecular complexity index is 401. The van der Waals surface area contributed by atoms with Crippen LogP contribution in [0.5, 0.6) is 0 Å². The highest BCUT2D eigenvalue weighted by molar-refractivity contribution is 6.35. The zero-order chi connectivity index (χ0) is 14.6. The van der Waals surface area contributed by atoms with Crippen LogP contribution >= 0.6 is 11.6 Å². The summed E-state index contributed by atoms with van der Waals surface area (Å²) in [5.74, 6) is 0.0502. The largest absolute Gasteiger partial charge is 0.368 e. The second-order valence-corrected chi connectivity index (χ2v) is 6.56. The molecule has 5 heteroatoms. The number of nitrogens with two attached hydrogens (primary N) is 1. The van der Waals surface area contributed by atoms with Crippen molar-refractivity contribution in [3.8, 4) is 0 Å². The zero-order valence-corrected chi connectivity index (χ0v) is 12.7. The third-order valence-electron chi connectivity index (χ3n) is 4.13. The summed E-state index contributed by atoms with van der Waals surface area (Å²) in [6.07, 6.45) is 13.7. The molecule has 0 aromatic rings. The summed E-state index contributed by atoms with van der Waals surface area (Å²) in [4.78, 5) is 16.2. The van der Waals surface area contributed by atoms with Crippen molar-refractivity contribution in [1.82, 2.24) is 5.06 Å². The fourth-order valence-electron chi connectivity index (χ4n) is 2.72. The second-order valence-electron chi connectivity index (χ2n) is 5.77. The lowest BCUT2D eigenvalue weighted by molar-refractivity contribution is -0.162. The number of amides is 1. The first kappa shape index (κ1) is 15.4. The van der Waals surface area contributed by atoms with Gasteiger partial charge >= 0.3 is 0 Å². The molecule has 2 rings (SSSR count). The van der Waals surface area contributed by atoms with Gasteiger partial charge in [-0.1, -0.05) is 31.4 Å². The highest BCUT2D eigenvalue weighted by Crippen LogP contribution is 2.29. The zero-order valence-electron chi connectivity index (χ0n) is 11.9. The number of hydroxylamine groups is 2. The average Bonchev–Trinajstić information content (AvgIpc) is 2.46. The smallest absolute Gasteiger partial charge is 0.240 e. The number of rotatable bonds is 5. The van der Waals surface area contributed by atoms with Crippen LogP contribution in [0, 0.1) is 5.92 Å². The molecule has 1 heterocycles. The summed E-state index contributed by atoms with van der Waals surface area (Å²) in [6.45, 7) is 2.29. The summed E-state index contributed by atoms with van der Waals surface area (Å²) in [6, 6.07) is -0.379. The molecule has 1 fully saturated rings. The number of hydrogen-bond donors (Lipinski definition) is 1. The van der Waals surface area contributed by atoms with Gasteiger partial charge in [0.15, 0.2) is 0 Å². The number of carbonyl (C=O) groups excluding carboxylic acids is 1. The van der Waals surface area contributed by atoms with E-state index >= 15 is 0 Å². The van der Waals surface area contributed by atoms with Gasteiger partial charge in [0.05, 0.1) is 6.61 Å². The van der Waals surface area contributed by atoms with Gasteiger partial charge in [-0.2, -0.15) is 0 Å². The molecule has 2 atom stereocenters. The Hall–Kier alpha value is -1.00. The van der Waals surface area contributed by atoms with Crippen LogP contribution in [-0.4, -0.2) is 28.5 Å². The van der Waals surface area contributed by atoms with Crippen LogP contribution in [0.3, 0.4) is 0 Å². The number of nitrogens with zero attached hydrogens (tertiary/aromatic N) is 1. The molecule has 1 saturated carbocycles. The molecule has 1 aliphatic carbocycles. The number of allylic oxidation sites excluding steroid dienone is 2. The van der Waals surface area contributed by atoms with Crippen molar-refractivity contribution in [3.05, 3.63) is 24.4 Å². The number of alkyl halides is 1. The highest BCUT2D eigenvalue weighted by atomic mass is 35.5. The van der Waals surface area contributed by atoms with Gasteiger partial charge in [-0.25, -0.2) is 0 Å². The van der Waals surface area contributed by atoms with Crippen molar-refractivity contribution >= 4 is 17.5 Å². The van der Waals surface area contributed by atoms with Crippen LogP contribution in [0.25, 0.3) is 0 Å². The van der Waals surface area contributed by atoms with Crippen LogP contribution in [-0.2, 0) is 9.63 Å². The Morgan fingerprint density at radius 2 is 2.10 bits per heavy atom. The van der Waals surface area contributed by atoms with Gasteiger partial charge in [0.25, 0.3) is 0 Å². The van der Waals surface area contributed by atoms with E-state index in [2.05, 4.69) is 0 Å². The van der Waals surface area contributed by atoms with E-state index in [1.807, 2.05) is 18.2 Å². The van der Waals surface area contributed by atoms with Crippen molar-refractivity contribution in [2.45, 2.75) is 49.9 Å². The molecule has 2 N–H and O–H groups in total. The summed E-state index contributed by atoms with van der Waals surface area (Å²) in [7, 11) is 0. The maximum absolute atomic E-state index is 11.5. The SMILES string of the molecule is CC(Cl)(C(N)=O)C1C=CC=CN1OCC1CCCCC1. The predicted molar refractivity (Wildman–Crippen MR) is 79.9 cm³/mol. The van der Waals surface area contributed by atoms with Gasteiger partial charge in [-0.3, -0.25) is 14.7 Å². The van der Waals surface area contributed by atoms with Gasteiger partial charge in [0.1, 0.15) is 10.9 Å². The van der Waals surface area contributed by atoms with Crippen LogP contribution in [0.1, 0.15) is 39.0 Å². The topological polar surface area (TPSA) is 55.6 Å². The number of halogens is 1. The molecule has 4 nitrogen and oxygen atoms in total. The van der Waals surface area contributed by atoms with E-state index in [-0.39, 0.29) is 6.04 Å². The Morgan fingerprint density at radius 1 is 1.40 bits per heavy atom. The van der Waals surface area contributed by atoms with Crippen LogP contribution in [0.2, 0.25) is 0 Å². The monoisotopic (exact) mass is 298 g/mol. The summed E-state index contributed by atoms with van der Waals surface area (Å²) >= 11 is 6.28. The molecule has 0 aromatic carbocycles. The Morgan fingerprint density at radius 3 is 2.75 bits per heavy atom. The fourth-order valence-corrected chi connectivity index (χ4v) is 2.88. The standard InChI is InChI=1S/C15H23ClN2O2/c1-15(16,14(17)19)13-9-5-6-10-18(13)20-11-12-7-3-2-4-8-12/h5-6,9-10,12-13H,2-4,7-8,11H2,1H3,(H2,17,19). The molecule has 2 aliphatic rings.